The van der Waals surface area contributed by atoms with Crippen molar-refractivity contribution < 1.29 is 14.3 Å². The number of halogens is 1. The molecule has 1 aliphatic rings. The number of carbonyl (C=O) groups is 2. The molecule has 1 aromatic carbocycles. The van der Waals surface area contributed by atoms with E-state index < -0.39 is 5.97 Å². The standard InChI is InChI=1S/C19H22ClN3O3S/c1-13-10-16(19(25)26-2)18(27-13)21-17(24)12-22-6-8-23(9-7-22)15-5-3-4-14(20)11-15/h3-5,10-11H,6-9,12H2,1-2H3,(H,21,24). The number of ether oxygens (including phenoxy) is 1. The minimum absolute atomic E-state index is 0.127. The van der Waals surface area contributed by atoms with E-state index in [0.717, 1.165) is 41.8 Å². The minimum atomic E-state index is -0.440. The lowest BCUT2D eigenvalue weighted by Gasteiger charge is -2.35. The second kappa shape index (κ2) is 8.73. The number of methoxy groups -OCH3 is 1. The number of aryl methyl sites for hydroxylation is 1. The van der Waals surface area contributed by atoms with Gasteiger partial charge in [-0.3, -0.25) is 9.69 Å². The fourth-order valence-corrected chi connectivity index (χ4v) is 4.18. The van der Waals surface area contributed by atoms with Crippen LogP contribution in [0.3, 0.4) is 0 Å². The van der Waals surface area contributed by atoms with Crippen LogP contribution in [0.2, 0.25) is 5.02 Å². The number of esters is 1. The van der Waals surface area contributed by atoms with Crippen LogP contribution in [0.5, 0.6) is 0 Å². The van der Waals surface area contributed by atoms with E-state index in [1.165, 1.54) is 18.4 Å². The van der Waals surface area contributed by atoms with Crippen molar-refractivity contribution >= 4 is 45.5 Å². The Kier molecular flexibility index (Phi) is 6.36. The number of hydrogen-bond donors (Lipinski definition) is 1. The van der Waals surface area contributed by atoms with E-state index >= 15 is 0 Å². The van der Waals surface area contributed by atoms with Gasteiger partial charge in [-0.1, -0.05) is 17.7 Å². The van der Waals surface area contributed by atoms with Crippen LogP contribution < -0.4 is 10.2 Å². The summed E-state index contributed by atoms with van der Waals surface area (Å²) in [5.74, 6) is -0.567. The van der Waals surface area contributed by atoms with Gasteiger partial charge in [0.25, 0.3) is 0 Å². The molecule has 27 heavy (non-hydrogen) atoms. The molecule has 0 atom stereocenters. The summed E-state index contributed by atoms with van der Waals surface area (Å²) in [5.41, 5.74) is 1.50. The molecule has 0 spiro atoms. The smallest absolute Gasteiger partial charge is 0.340 e. The molecule has 0 saturated carbocycles. The lowest BCUT2D eigenvalue weighted by Crippen LogP contribution is -2.48. The van der Waals surface area contributed by atoms with Crippen LogP contribution >= 0.6 is 22.9 Å². The summed E-state index contributed by atoms with van der Waals surface area (Å²) >= 11 is 7.44. The van der Waals surface area contributed by atoms with E-state index in [1.807, 2.05) is 31.2 Å². The van der Waals surface area contributed by atoms with Crippen molar-refractivity contribution in [1.29, 1.82) is 0 Å². The van der Waals surface area contributed by atoms with E-state index in [4.69, 9.17) is 16.3 Å². The first-order valence-electron chi connectivity index (χ1n) is 8.67. The molecule has 1 saturated heterocycles. The molecule has 2 aromatic rings. The highest BCUT2D eigenvalue weighted by atomic mass is 35.5. The molecule has 1 amide bonds. The van der Waals surface area contributed by atoms with E-state index in [1.54, 1.807) is 6.07 Å². The first-order valence-corrected chi connectivity index (χ1v) is 9.87. The number of anilines is 2. The maximum absolute atomic E-state index is 12.4. The topological polar surface area (TPSA) is 61.9 Å². The molecule has 2 heterocycles. The Balaban J connectivity index is 1.54. The molecule has 8 heteroatoms. The molecule has 0 radical (unpaired) electrons. The van der Waals surface area contributed by atoms with Gasteiger partial charge in [0.05, 0.1) is 19.2 Å². The predicted molar refractivity (Wildman–Crippen MR) is 109 cm³/mol. The minimum Gasteiger partial charge on any atom is -0.465 e. The van der Waals surface area contributed by atoms with Crippen LogP contribution in [0, 0.1) is 6.92 Å². The SMILES string of the molecule is COC(=O)c1cc(C)sc1NC(=O)CN1CCN(c2cccc(Cl)c2)CC1. The van der Waals surface area contributed by atoms with Crippen molar-refractivity contribution in [1.82, 2.24) is 4.90 Å². The van der Waals surface area contributed by atoms with Crippen molar-refractivity contribution in [3.05, 3.63) is 45.8 Å². The second-order valence-electron chi connectivity index (χ2n) is 6.38. The van der Waals surface area contributed by atoms with Gasteiger partial charge in [0.1, 0.15) is 5.00 Å². The van der Waals surface area contributed by atoms with Crippen molar-refractivity contribution in [3.8, 4) is 0 Å². The van der Waals surface area contributed by atoms with Gasteiger partial charge in [0, 0.05) is 41.8 Å². The normalized spacial score (nSPS) is 14.9. The predicted octanol–water partition coefficient (Wildman–Crippen LogP) is 3.26. The van der Waals surface area contributed by atoms with Gasteiger partial charge in [0.15, 0.2) is 0 Å². The first-order chi connectivity index (χ1) is 13.0. The Morgan fingerprint density at radius 2 is 1.96 bits per heavy atom. The molecule has 1 N–H and O–H groups in total. The number of nitrogens with one attached hydrogen (secondary N) is 1. The molecule has 3 rings (SSSR count). The fourth-order valence-electron chi connectivity index (χ4n) is 3.07. The molecule has 1 fully saturated rings. The molecule has 0 bridgehead atoms. The molecule has 0 unspecified atom stereocenters. The lowest BCUT2D eigenvalue weighted by molar-refractivity contribution is -0.117. The van der Waals surface area contributed by atoms with Crippen molar-refractivity contribution in [2.45, 2.75) is 6.92 Å². The number of piperazine rings is 1. The van der Waals surface area contributed by atoms with Crippen LogP contribution in [0.4, 0.5) is 10.7 Å². The highest BCUT2D eigenvalue weighted by Gasteiger charge is 2.21. The zero-order valence-corrected chi connectivity index (χ0v) is 16.9. The van der Waals surface area contributed by atoms with Gasteiger partial charge >= 0.3 is 5.97 Å². The van der Waals surface area contributed by atoms with E-state index in [0.29, 0.717) is 17.1 Å². The molecule has 1 aromatic heterocycles. The molecule has 6 nitrogen and oxygen atoms in total. The Morgan fingerprint density at radius 1 is 1.22 bits per heavy atom. The van der Waals surface area contributed by atoms with Gasteiger partial charge in [-0.25, -0.2) is 4.79 Å². The summed E-state index contributed by atoms with van der Waals surface area (Å²) in [5, 5.41) is 4.12. The van der Waals surface area contributed by atoms with Crippen molar-refractivity contribution in [3.63, 3.8) is 0 Å². The fraction of sp³-hybridized carbons (Fsp3) is 0.368. The highest BCUT2D eigenvalue weighted by molar-refractivity contribution is 7.16. The number of benzene rings is 1. The van der Waals surface area contributed by atoms with Crippen LogP contribution in [0.15, 0.2) is 30.3 Å². The number of rotatable bonds is 5. The zero-order chi connectivity index (χ0) is 19.4. The van der Waals surface area contributed by atoms with Gasteiger partial charge in [0.2, 0.25) is 5.91 Å². The lowest BCUT2D eigenvalue weighted by atomic mass is 10.2. The van der Waals surface area contributed by atoms with Crippen LogP contribution in [-0.4, -0.2) is 56.6 Å². The van der Waals surface area contributed by atoms with Gasteiger partial charge in [-0.2, -0.15) is 0 Å². The van der Waals surface area contributed by atoms with Crippen LogP contribution in [0.1, 0.15) is 15.2 Å². The van der Waals surface area contributed by atoms with Crippen molar-refractivity contribution in [2.75, 3.05) is 50.1 Å². The maximum atomic E-state index is 12.4. The molecular weight excluding hydrogens is 386 g/mol. The number of nitrogens with zero attached hydrogens (tertiary/aromatic N) is 2. The van der Waals surface area contributed by atoms with Crippen LogP contribution in [0.25, 0.3) is 0 Å². The summed E-state index contributed by atoms with van der Waals surface area (Å²) in [6.07, 6.45) is 0. The average molecular weight is 408 g/mol. The Bertz CT molecular complexity index is 831. The third kappa shape index (κ3) is 5.00. The molecule has 0 aliphatic carbocycles. The third-order valence-electron chi connectivity index (χ3n) is 4.43. The molecule has 144 valence electrons. The van der Waals surface area contributed by atoms with Gasteiger partial charge in [-0.05, 0) is 31.2 Å². The molecular formula is C19H22ClN3O3S. The zero-order valence-electron chi connectivity index (χ0n) is 15.3. The first kappa shape index (κ1) is 19.7. The van der Waals surface area contributed by atoms with E-state index in [9.17, 15) is 9.59 Å². The van der Waals surface area contributed by atoms with E-state index in [2.05, 4.69) is 15.1 Å². The van der Waals surface area contributed by atoms with Gasteiger partial charge in [-0.15, -0.1) is 11.3 Å². The van der Waals surface area contributed by atoms with Crippen molar-refractivity contribution in [2.24, 2.45) is 0 Å². The summed E-state index contributed by atoms with van der Waals surface area (Å²) < 4.78 is 4.78. The quantitative estimate of drug-likeness (QED) is 0.771. The summed E-state index contributed by atoms with van der Waals surface area (Å²) in [6, 6.07) is 9.54. The number of carbonyl (C=O) groups excluding carboxylic acids is 2. The summed E-state index contributed by atoms with van der Waals surface area (Å²) in [6.45, 7) is 5.42. The number of hydrogen-bond acceptors (Lipinski definition) is 6. The summed E-state index contributed by atoms with van der Waals surface area (Å²) in [7, 11) is 1.33. The van der Waals surface area contributed by atoms with E-state index in [-0.39, 0.29) is 5.91 Å². The second-order valence-corrected chi connectivity index (χ2v) is 8.08. The monoisotopic (exact) mass is 407 g/mol. The maximum Gasteiger partial charge on any atom is 0.340 e. The number of amides is 1. The highest BCUT2D eigenvalue weighted by Crippen LogP contribution is 2.28. The van der Waals surface area contributed by atoms with Crippen LogP contribution in [-0.2, 0) is 9.53 Å². The Morgan fingerprint density at radius 3 is 2.63 bits per heavy atom. The third-order valence-corrected chi connectivity index (χ3v) is 5.63. The summed E-state index contributed by atoms with van der Waals surface area (Å²) in [4.78, 5) is 29.6. The van der Waals surface area contributed by atoms with Gasteiger partial charge < -0.3 is 15.0 Å². The Labute approximate surface area is 167 Å². The largest absolute Gasteiger partial charge is 0.465 e. The Hall–Kier alpha value is -2.09. The average Bonchev–Trinajstić information content (AvgIpc) is 3.01. The molecule has 1 aliphatic heterocycles. The number of thiophene rings is 1.